The number of thiazole rings is 1. The van der Waals surface area contributed by atoms with Crippen LogP contribution in [0, 0.1) is 5.92 Å². The number of aromatic nitrogens is 1. The van der Waals surface area contributed by atoms with Gasteiger partial charge in [0.15, 0.2) is 5.13 Å². The molecule has 2 N–H and O–H groups in total. The van der Waals surface area contributed by atoms with Crippen LogP contribution in [0.25, 0.3) is 10.4 Å². The van der Waals surface area contributed by atoms with E-state index in [1.54, 1.807) is 0 Å². The Kier molecular flexibility index (Phi) is 3.25. The lowest BCUT2D eigenvalue weighted by molar-refractivity contribution is 0.647. The van der Waals surface area contributed by atoms with Gasteiger partial charge in [-0.15, -0.1) is 0 Å². The largest absolute Gasteiger partial charge is 0.375 e. The normalized spacial score (nSPS) is 10.9. The average molecular weight is 232 g/mol. The van der Waals surface area contributed by atoms with Crippen LogP contribution in [-0.2, 0) is 6.42 Å². The molecule has 0 saturated heterocycles. The minimum atomic E-state index is 0.626. The van der Waals surface area contributed by atoms with Crippen molar-refractivity contribution in [3.05, 3.63) is 36.0 Å². The van der Waals surface area contributed by atoms with Crippen LogP contribution in [0.2, 0.25) is 0 Å². The zero-order valence-electron chi connectivity index (χ0n) is 9.60. The Morgan fingerprint density at radius 1 is 1.25 bits per heavy atom. The van der Waals surface area contributed by atoms with Gasteiger partial charge in [-0.25, -0.2) is 4.98 Å². The zero-order valence-corrected chi connectivity index (χ0v) is 10.4. The number of anilines is 1. The molecule has 0 radical (unpaired) electrons. The quantitative estimate of drug-likeness (QED) is 0.878. The lowest BCUT2D eigenvalue weighted by atomic mass is 10.0. The fourth-order valence-electron chi connectivity index (χ4n) is 1.70. The number of benzene rings is 1. The summed E-state index contributed by atoms with van der Waals surface area (Å²) in [5.74, 6) is 0.699. The lowest BCUT2D eigenvalue weighted by Gasteiger charge is -2.05. The van der Waals surface area contributed by atoms with Gasteiger partial charge in [-0.2, -0.15) is 0 Å². The number of hydrogen-bond donors (Lipinski definition) is 1. The molecule has 2 rings (SSSR count). The number of nitrogens with zero attached hydrogens (tertiary/aromatic N) is 1. The van der Waals surface area contributed by atoms with Crippen LogP contribution < -0.4 is 5.73 Å². The van der Waals surface area contributed by atoms with E-state index in [4.69, 9.17) is 5.73 Å². The summed E-state index contributed by atoms with van der Waals surface area (Å²) in [6, 6.07) is 8.66. The molecule has 0 aliphatic heterocycles. The topological polar surface area (TPSA) is 38.9 Å². The second-order valence-corrected chi connectivity index (χ2v) is 5.42. The highest BCUT2D eigenvalue weighted by molar-refractivity contribution is 7.18. The SMILES string of the molecule is CC(C)Cc1ccc(-c2cnc(N)s2)cc1. The second kappa shape index (κ2) is 4.66. The zero-order chi connectivity index (χ0) is 11.5. The first-order chi connectivity index (χ1) is 7.65. The standard InChI is InChI=1S/C13H16N2S/c1-9(2)7-10-3-5-11(6-4-10)12-8-15-13(14)16-12/h3-6,8-9H,7H2,1-2H3,(H2,14,15). The summed E-state index contributed by atoms with van der Waals surface area (Å²) in [5.41, 5.74) is 8.20. The molecule has 2 nitrogen and oxygen atoms in total. The molecule has 16 heavy (non-hydrogen) atoms. The van der Waals surface area contributed by atoms with Crippen LogP contribution in [0.4, 0.5) is 5.13 Å². The van der Waals surface area contributed by atoms with Crippen molar-refractivity contribution >= 4 is 16.5 Å². The molecule has 0 bridgehead atoms. The van der Waals surface area contributed by atoms with Crippen molar-refractivity contribution < 1.29 is 0 Å². The second-order valence-electron chi connectivity index (χ2n) is 4.36. The van der Waals surface area contributed by atoms with Gasteiger partial charge in [-0.3, -0.25) is 0 Å². The van der Waals surface area contributed by atoms with E-state index in [-0.39, 0.29) is 0 Å². The predicted molar refractivity (Wildman–Crippen MR) is 70.5 cm³/mol. The van der Waals surface area contributed by atoms with Crippen molar-refractivity contribution in [2.45, 2.75) is 20.3 Å². The van der Waals surface area contributed by atoms with Crippen molar-refractivity contribution in [1.82, 2.24) is 4.98 Å². The Balaban J connectivity index is 2.19. The molecule has 84 valence electrons. The van der Waals surface area contributed by atoms with Crippen LogP contribution in [0.15, 0.2) is 30.5 Å². The van der Waals surface area contributed by atoms with E-state index in [1.165, 1.54) is 22.5 Å². The summed E-state index contributed by atoms with van der Waals surface area (Å²) in [5, 5.41) is 0.626. The highest BCUT2D eigenvalue weighted by Gasteiger charge is 2.03. The molecule has 0 fully saturated rings. The van der Waals surface area contributed by atoms with Gasteiger partial charge >= 0.3 is 0 Å². The van der Waals surface area contributed by atoms with E-state index in [0.717, 1.165) is 11.3 Å². The number of nitrogens with two attached hydrogens (primary N) is 1. The molecule has 0 amide bonds. The predicted octanol–water partition coefficient (Wildman–Crippen LogP) is 3.59. The van der Waals surface area contributed by atoms with Gasteiger partial charge < -0.3 is 5.73 Å². The molecule has 0 aliphatic carbocycles. The van der Waals surface area contributed by atoms with Gasteiger partial charge in [-0.1, -0.05) is 49.4 Å². The third-order valence-electron chi connectivity index (χ3n) is 2.41. The molecule has 2 aromatic rings. The van der Waals surface area contributed by atoms with E-state index in [2.05, 4.69) is 43.1 Å². The fraction of sp³-hybridized carbons (Fsp3) is 0.308. The van der Waals surface area contributed by atoms with Crippen LogP contribution >= 0.6 is 11.3 Å². The van der Waals surface area contributed by atoms with Crippen LogP contribution in [-0.4, -0.2) is 4.98 Å². The van der Waals surface area contributed by atoms with Gasteiger partial charge in [-0.05, 0) is 23.5 Å². The Hall–Kier alpha value is -1.35. The maximum absolute atomic E-state index is 5.62. The average Bonchev–Trinajstić information content (AvgIpc) is 2.65. The van der Waals surface area contributed by atoms with Crippen molar-refractivity contribution in [3.8, 4) is 10.4 Å². The highest BCUT2D eigenvalue weighted by Crippen LogP contribution is 2.27. The van der Waals surface area contributed by atoms with Crippen molar-refractivity contribution in [1.29, 1.82) is 0 Å². The van der Waals surface area contributed by atoms with Crippen molar-refractivity contribution in [2.75, 3.05) is 5.73 Å². The maximum atomic E-state index is 5.62. The van der Waals surface area contributed by atoms with Gasteiger partial charge in [0.25, 0.3) is 0 Å². The van der Waals surface area contributed by atoms with Crippen molar-refractivity contribution in [2.24, 2.45) is 5.92 Å². The van der Waals surface area contributed by atoms with Gasteiger partial charge in [0.1, 0.15) is 0 Å². The first kappa shape index (κ1) is 11.1. The van der Waals surface area contributed by atoms with E-state index in [1.807, 2.05) is 6.20 Å². The number of hydrogen-bond acceptors (Lipinski definition) is 3. The monoisotopic (exact) mass is 232 g/mol. The molecule has 0 atom stereocenters. The summed E-state index contributed by atoms with van der Waals surface area (Å²) in [6.45, 7) is 4.47. The van der Waals surface area contributed by atoms with Gasteiger partial charge in [0.05, 0.1) is 4.88 Å². The summed E-state index contributed by atoms with van der Waals surface area (Å²) < 4.78 is 0. The third kappa shape index (κ3) is 2.61. The first-order valence-electron chi connectivity index (χ1n) is 5.46. The van der Waals surface area contributed by atoms with Gasteiger partial charge in [0, 0.05) is 6.20 Å². The molecular formula is C13H16N2S. The maximum Gasteiger partial charge on any atom is 0.180 e. The molecule has 0 saturated carbocycles. The molecular weight excluding hydrogens is 216 g/mol. The fourth-order valence-corrected chi connectivity index (χ4v) is 2.39. The minimum absolute atomic E-state index is 0.626. The van der Waals surface area contributed by atoms with E-state index in [9.17, 15) is 0 Å². The molecule has 3 heteroatoms. The summed E-state index contributed by atoms with van der Waals surface area (Å²) in [7, 11) is 0. The summed E-state index contributed by atoms with van der Waals surface area (Å²) in [6.07, 6.45) is 2.96. The first-order valence-corrected chi connectivity index (χ1v) is 6.27. The Morgan fingerprint density at radius 3 is 2.44 bits per heavy atom. The Labute approximate surface area is 100 Å². The number of nitrogen functional groups attached to an aromatic ring is 1. The lowest BCUT2D eigenvalue weighted by Crippen LogP contribution is -1.93. The van der Waals surface area contributed by atoms with Crippen LogP contribution in [0.3, 0.4) is 0 Å². The number of rotatable bonds is 3. The molecule has 0 spiro atoms. The molecule has 0 aliphatic rings. The summed E-state index contributed by atoms with van der Waals surface area (Å²) in [4.78, 5) is 5.19. The highest BCUT2D eigenvalue weighted by atomic mass is 32.1. The molecule has 1 aromatic heterocycles. The molecule has 1 heterocycles. The van der Waals surface area contributed by atoms with Crippen LogP contribution in [0.5, 0.6) is 0 Å². The Morgan fingerprint density at radius 2 is 1.94 bits per heavy atom. The molecule has 1 aromatic carbocycles. The summed E-state index contributed by atoms with van der Waals surface area (Å²) >= 11 is 1.53. The smallest absolute Gasteiger partial charge is 0.180 e. The van der Waals surface area contributed by atoms with Crippen molar-refractivity contribution in [3.63, 3.8) is 0 Å². The van der Waals surface area contributed by atoms with E-state index < -0.39 is 0 Å². The van der Waals surface area contributed by atoms with E-state index >= 15 is 0 Å². The van der Waals surface area contributed by atoms with Gasteiger partial charge in [0.2, 0.25) is 0 Å². The Bertz CT molecular complexity index is 457. The van der Waals surface area contributed by atoms with E-state index in [0.29, 0.717) is 11.0 Å². The minimum Gasteiger partial charge on any atom is -0.375 e. The third-order valence-corrected chi connectivity index (χ3v) is 3.28. The molecule has 0 unspecified atom stereocenters. The van der Waals surface area contributed by atoms with Crippen LogP contribution in [0.1, 0.15) is 19.4 Å².